The second-order valence-electron chi connectivity index (χ2n) is 5.80. The number of carbonyl (C=O) groups excluding carboxylic acids is 1. The number of amidine groups is 1. The van der Waals surface area contributed by atoms with Gasteiger partial charge in [-0.3, -0.25) is 4.79 Å². The fourth-order valence-corrected chi connectivity index (χ4v) is 1.73. The monoisotopic (exact) mass is 293 g/mol. The summed E-state index contributed by atoms with van der Waals surface area (Å²) in [4.78, 5) is 11.6. The lowest BCUT2D eigenvalue weighted by molar-refractivity contribution is -0.153. The summed E-state index contributed by atoms with van der Waals surface area (Å²) in [6.45, 7) is 7.59. The SMILES string of the molecule is C[C@H](NCC(=O)OC(C)(C)C)c1ccc(/C(N)=N\O)cc1. The molecule has 0 heterocycles. The molecule has 0 amide bonds. The molecule has 0 unspecified atom stereocenters. The lowest BCUT2D eigenvalue weighted by atomic mass is 10.1. The third kappa shape index (κ3) is 5.83. The number of hydrogen-bond donors (Lipinski definition) is 3. The lowest BCUT2D eigenvalue weighted by Crippen LogP contribution is -2.32. The van der Waals surface area contributed by atoms with E-state index in [9.17, 15) is 4.79 Å². The maximum Gasteiger partial charge on any atom is 0.320 e. The second-order valence-corrected chi connectivity index (χ2v) is 5.80. The van der Waals surface area contributed by atoms with Gasteiger partial charge in [0.15, 0.2) is 5.84 Å². The average Bonchev–Trinajstić information content (AvgIpc) is 2.42. The summed E-state index contributed by atoms with van der Waals surface area (Å²) in [6, 6.07) is 7.23. The normalized spacial score (nSPS) is 13.8. The Hall–Kier alpha value is -2.08. The summed E-state index contributed by atoms with van der Waals surface area (Å²) in [7, 11) is 0. The molecule has 4 N–H and O–H groups in total. The Morgan fingerprint density at radius 1 is 1.38 bits per heavy atom. The minimum absolute atomic E-state index is 0.0149. The first kappa shape index (κ1) is 17.0. The van der Waals surface area contributed by atoms with Crippen molar-refractivity contribution in [2.24, 2.45) is 10.9 Å². The van der Waals surface area contributed by atoms with Gasteiger partial charge in [0.1, 0.15) is 5.60 Å². The Kier molecular flexibility index (Phi) is 5.72. The minimum Gasteiger partial charge on any atom is -0.459 e. The van der Waals surface area contributed by atoms with Crippen molar-refractivity contribution in [3.8, 4) is 0 Å². The summed E-state index contributed by atoms with van der Waals surface area (Å²) in [5.74, 6) is -0.224. The lowest BCUT2D eigenvalue weighted by Gasteiger charge is -2.21. The number of nitrogens with two attached hydrogens (primary N) is 1. The van der Waals surface area contributed by atoms with E-state index in [0.29, 0.717) is 5.56 Å². The summed E-state index contributed by atoms with van der Waals surface area (Å²) in [6.07, 6.45) is 0. The van der Waals surface area contributed by atoms with E-state index in [4.69, 9.17) is 15.7 Å². The highest BCUT2D eigenvalue weighted by Crippen LogP contribution is 2.13. The van der Waals surface area contributed by atoms with Gasteiger partial charge in [-0.05, 0) is 33.3 Å². The molecule has 0 fully saturated rings. The van der Waals surface area contributed by atoms with Crippen LogP contribution >= 0.6 is 0 Å². The largest absolute Gasteiger partial charge is 0.459 e. The van der Waals surface area contributed by atoms with E-state index in [0.717, 1.165) is 5.56 Å². The van der Waals surface area contributed by atoms with Gasteiger partial charge in [-0.2, -0.15) is 0 Å². The van der Waals surface area contributed by atoms with E-state index < -0.39 is 5.60 Å². The van der Waals surface area contributed by atoms with Crippen LogP contribution in [0.4, 0.5) is 0 Å². The van der Waals surface area contributed by atoms with E-state index in [-0.39, 0.29) is 24.4 Å². The zero-order valence-corrected chi connectivity index (χ0v) is 12.9. The molecule has 6 heteroatoms. The van der Waals surface area contributed by atoms with Crippen molar-refractivity contribution in [2.75, 3.05) is 6.54 Å². The van der Waals surface area contributed by atoms with Crippen molar-refractivity contribution in [2.45, 2.75) is 39.3 Å². The zero-order valence-electron chi connectivity index (χ0n) is 12.9. The standard InChI is InChI=1S/C15H23N3O3/c1-10(17-9-13(19)21-15(2,3)4)11-5-7-12(8-6-11)14(16)18-20/h5-8,10,17,20H,9H2,1-4H3,(H2,16,18)/t10-/m0/s1. The number of nitrogens with zero attached hydrogens (tertiary/aromatic N) is 1. The molecule has 0 radical (unpaired) electrons. The highest BCUT2D eigenvalue weighted by molar-refractivity contribution is 5.96. The van der Waals surface area contributed by atoms with Crippen LogP contribution < -0.4 is 11.1 Å². The first-order chi connectivity index (χ1) is 9.73. The average molecular weight is 293 g/mol. The number of oxime groups is 1. The second kappa shape index (κ2) is 7.08. The molecule has 0 aliphatic rings. The van der Waals surface area contributed by atoms with Crippen molar-refractivity contribution < 1.29 is 14.7 Å². The van der Waals surface area contributed by atoms with Crippen molar-refractivity contribution in [3.63, 3.8) is 0 Å². The Balaban J connectivity index is 2.56. The van der Waals surface area contributed by atoms with Crippen LogP contribution in [-0.4, -0.2) is 29.2 Å². The van der Waals surface area contributed by atoms with Crippen LogP contribution in [0, 0.1) is 0 Å². The number of hydrogen-bond acceptors (Lipinski definition) is 5. The van der Waals surface area contributed by atoms with Crippen LogP contribution in [-0.2, 0) is 9.53 Å². The summed E-state index contributed by atoms with van der Waals surface area (Å²) < 4.78 is 5.23. The van der Waals surface area contributed by atoms with Gasteiger partial charge >= 0.3 is 5.97 Å². The van der Waals surface area contributed by atoms with Crippen LogP contribution in [0.2, 0.25) is 0 Å². The summed E-state index contributed by atoms with van der Waals surface area (Å²) in [5, 5.41) is 14.6. The molecule has 0 aromatic heterocycles. The van der Waals surface area contributed by atoms with Gasteiger partial charge in [0.25, 0.3) is 0 Å². The fourth-order valence-electron chi connectivity index (χ4n) is 1.73. The molecule has 0 saturated heterocycles. The van der Waals surface area contributed by atoms with Crippen LogP contribution in [0.1, 0.15) is 44.9 Å². The molecule has 0 aliphatic heterocycles. The van der Waals surface area contributed by atoms with Gasteiger partial charge in [-0.1, -0.05) is 29.4 Å². The van der Waals surface area contributed by atoms with Crippen molar-refractivity contribution in [1.29, 1.82) is 0 Å². The molecule has 6 nitrogen and oxygen atoms in total. The highest BCUT2D eigenvalue weighted by atomic mass is 16.6. The van der Waals surface area contributed by atoms with Gasteiger partial charge < -0.3 is 21.0 Å². The van der Waals surface area contributed by atoms with Crippen LogP contribution in [0.5, 0.6) is 0 Å². The number of carbonyl (C=O) groups is 1. The first-order valence-corrected chi connectivity index (χ1v) is 6.76. The van der Waals surface area contributed by atoms with Crippen molar-refractivity contribution in [3.05, 3.63) is 35.4 Å². The molecule has 1 atom stereocenters. The van der Waals surface area contributed by atoms with Gasteiger partial charge in [0.2, 0.25) is 0 Å². The predicted octanol–water partition coefficient (Wildman–Crippen LogP) is 1.77. The van der Waals surface area contributed by atoms with E-state index in [2.05, 4.69) is 10.5 Å². The van der Waals surface area contributed by atoms with Gasteiger partial charge in [-0.25, -0.2) is 0 Å². The Morgan fingerprint density at radius 2 is 1.95 bits per heavy atom. The number of rotatable bonds is 5. The van der Waals surface area contributed by atoms with E-state index in [1.807, 2.05) is 39.8 Å². The third-order valence-electron chi connectivity index (χ3n) is 2.79. The minimum atomic E-state index is -0.481. The van der Waals surface area contributed by atoms with Crippen molar-refractivity contribution >= 4 is 11.8 Å². The molecule has 1 aromatic carbocycles. The first-order valence-electron chi connectivity index (χ1n) is 6.76. The van der Waals surface area contributed by atoms with Crippen LogP contribution in [0.3, 0.4) is 0 Å². The van der Waals surface area contributed by atoms with E-state index in [1.54, 1.807) is 12.1 Å². The molecule has 1 rings (SSSR count). The Morgan fingerprint density at radius 3 is 2.43 bits per heavy atom. The predicted molar refractivity (Wildman–Crippen MR) is 81.2 cm³/mol. The van der Waals surface area contributed by atoms with Crippen molar-refractivity contribution in [1.82, 2.24) is 5.32 Å². The highest BCUT2D eigenvalue weighted by Gasteiger charge is 2.16. The third-order valence-corrected chi connectivity index (χ3v) is 2.79. The molecule has 0 saturated carbocycles. The zero-order chi connectivity index (χ0) is 16.0. The smallest absolute Gasteiger partial charge is 0.320 e. The van der Waals surface area contributed by atoms with E-state index >= 15 is 0 Å². The number of benzene rings is 1. The van der Waals surface area contributed by atoms with Crippen LogP contribution in [0.25, 0.3) is 0 Å². The topological polar surface area (TPSA) is 96.9 Å². The number of ether oxygens (including phenoxy) is 1. The van der Waals surface area contributed by atoms with Gasteiger partial charge in [0.05, 0.1) is 6.54 Å². The number of esters is 1. The molecular formula is C15H23N3O3. The maximum absolute atomic E-state index is 11.6. The van der Waals surface area contributed by atoms with Gasteiger partial charge in [-0.15, -0.1) is 0 Å². The molecule has 0 bridgehead atoms. The Bertz CT molecular complexity index is 504. The quantitative estimate of drug-likeness (QED) is 0.253. The fraction of sp³-hybridized carbons (Fsp3) is 0.467. The van der Waals surface area contributed by atoms with Gasteiger partial charge in [0, 0.05) is 11.6 Å². The summed E-state index contributed by atoms with van der Waals surface area (Å²) >= 11 is 0. The molecule has 21 heavy (non-hydrogen) atoms. The molecule has 116 valence electrons. The molecule has 1 aromatic rings. The molecule has 0 aliphatic carbocycles. The number of nitrogens with one attached hydrogen (secondary N) is 1. The Labute approximate surface area is 125 Å². The van der Waals surface area contributed by atoms with Crippen LogP contribution in [0.15, 0.2) is 29.4 Å². The molecular weight excluding hydrogens is 270 g/mol. The van der Waals surface area contributed by atoms with E-state index in [1.165, 1.54) is 0 Å². The maximum atomic E-state index is 11.6. The summed E-state index contributed by atoms with van der Waals surface area (Å²) in [5.41, 5.74) is 6.65. The molecule has 0 spiro atoms.